The average Bonchev–Trinajstić information content (AvgIpc) is 2.88. The Morgan fingerprint density at radius 1 is 1.26 bits per heavy atom. The Kier molecular flexibility index (Phi) is 5.10. The van der Waals surface area contributed by atoms with Gasteiger partial charge in [-0.05, 0) is 39.3 Å². The molecule has 2 rings (SSSR count). The second-order valence-electron chi connectivity index (χ2n) is 5.58. The zero-order valence-corrected chi connectivity index (χ0v) is 13.4. The van der Waals surface area contributed by atoms with Crippen molar-refractivity contribution in [3.8, 4) is 5.69 Å². The zero-order chi connectivity index (χ0) is 17.0. The van der Waals surface area contributed by atoms with Crippen molar-refractivity contribution >= 4 is 11.9 Å². The van der Waals surface area contributed by atoms with Gasteiger partial charge in [-0.1, -0.05) is 22.9 Å². The first-order valence-corrected chi connectivity index (χ1v) is 7.40. The van der Waals surface area contributed by atoms with Crippen molar-refractivity contribution in [2.75, 3.05) is 0 Å². The summed E-state index contributed by atoms with van der Waals surface area (Å²) >= 11 is 0. The van der Waals surface area contributed by atoms with Crippen molar-refractivity contribution < 1.29 is 14.7 Å². The van der Waals surface area contributed by atoms with Crippen LogP contribution < -0.4 is 5.32 Å². The van der Waals surface area contributed by atoms with Gasteiger partial charge in [-0.3, -0.25) is 9.59 Å². The first-order chi connectivity index (χ1) is 10.9. The number of amides is 1. The van der Waals surface area contributed by atoms with Gasteiger partial charge in [0.05, 0.1) is 11.4 Å². The maximum absolute atomic E-state index is 12.2. The van der Waals surface area contributed by atoms with Gasteiger partial charge in [0, 0.05) is 12.5 Å². The fraction of sp³-hybridized carbons (Fsp3) is 0.375. The van der Waals surface area contributed by atoms with Gasteiger partial charge in [0.25, 0.3) is 5.91 Å². The van der Waals surface area contributed by atoms with Crippen LogP contribution in [0.25, 0.3) is 5.69 Å². The number of aryl methyl sites for hydroxylation is 1. The lowest BCUT2D eigenvalue weighted by Gasteiger charge is -2.11. The number of nitrogens with zero attached hydrogens (tertiary/aromatic N) is 3. The summed E-state index contributed by atoms with van der Waals surface area (Å²) in [6.07, 6.45) is 0.378. The topological polar surface area (TPSA) is 97.1 Å². The molecule has 0 radical (unpaired) electrons. The summed E-state index contributed by atoms with van der Waals surface area (Å²) in [5.74, 6) is -1.23. The molecule has 1 unspecified atom stereocenters. The lowest BCUT2D eigenvalue weighted by molar-refractivity contribution is -0.137. The van der Waals surface area contributed by atoms with E-state index < -0.39 is 5.97 Å². The Labute approximate surface area is 134 Å². The van der Waals surface area contributed by atoms with E-state index in [0.29, 0.717) is 12.1 Å². The van der Waals surface area contributed by atoms with E-state index in [1.54, 1.807) is 18.5 Å². The molecule has 7 nitrogen and oxygen atoms in total. The molecule has 1 amide bonds. The summed E-state index contributed by atoms with van der Waals surface area (Å²) in [6.45, 7) is 5.53. The summed E-state index contributed by atoms with van der Waals surface area (Å²) in [4.78, 5) is 22.8. The second-order valence-corrected chi connectivity index (χ2v) is 5.58. The Hall–Kier alpha value is -2.70. The summed E-state index contributed by atoms with van der Waals surface area (Å²) < 4.78 is 1.61. The largest absolute Gasteiger partial charge is 0.481 e. The van der Waals surface area contributed by atoms with Gasteiger partial charge in [0.15, 0.2) is 5.69 Å². The Morgan fingerprint density at radius 2 is 1.91 bits per heavy atom. The highest BCUT2D eigenvalue weighted by molar-refractivity contribution is 5.93. The van der Waals surface area contributed by atoms with Crippen LogP contribution in [0.3, 0.4) is 0 Å². The van der Waals surface area contributed by atoms with Gasteiger partial charge < -0.3 is 10.4 Å². The molecule has 23 heavy (non-hydrogen) atoms. The van der Waals surface area contributed by atoms with Gasteiger partial charge in [0.1, 0.15) is 0 Å². The maximum Gasteiger partial charge on any atom is 0.303 e. The number of benzene rings is 1. The Balaban J connectivity index is 2.10. The second kappa shape index (κ2) is 7.04. The standard InChI is InChI=1S/C16H20N4O3/c1-10-4-7-13(8-5-10)20-12(3)15(18-19-20)16(23)17-11(2)6-9-14(21)22/h4-5,7-8,11H,6,9H2,1-3H3,(H,17,23)(H,21,22). The fourth-order valence-electron chi connectivity index (χ4n) is 2.17. The van der Waals surface area contributed by atoms with E-state index in [1.807, 2.05) is 31.2 Å². The van der Waals surface area contributed by atoms with Gasteiger partial charge in [-0.15, -0.1) is 5.10 Å². The number of aromatic nitrogens is 3. The third kappa shape index (κ3) is 4.15. The molecular weight excluding hydrogens is 296 g/mol. The molecule has 122 valence electrons. The molecule has 0 saturated carbocycles. The monoisotopic (exact) mass is 316 g/mol. The molecule has 0 aliphatic carbocycles. The third-order valence-electron chi connectivity index (χ3n) is 3.56. The summed E-state index contributed by atoms with van der Waals surface area (Å²) in [7, 11) is 0. The highest BCUT2D eigenvalue weighted by Gasteiger charge is 2.19. The minimum absolute atomic E-state index is 0.0104. The molecule has 0 bridgehead atoms. The lowest BCUT2D eigenvalue weighted by Crippen LogP contribution is -2.33. The first kappa shape index (κ1) is 16.7. The van der Waals surface area contributed by atoms with Crippen molar-refractivity contribution in [1.29, 1.82) is 0 Å². The van der Waals surface area contributed by atoms with E-state index in [-0.39, 0.29) is 24.1 Å². The van der Waals surface area contributed by atoms with E-state index in [2.05, 4.69) is 15.6 Å². The SMILES string of the molecule is Cc1ccc(-n2nnc(C(=O)NC(C)CCC(=O)O)c2C)cc1. The number of nitrogens with one attached hydrogen (secondary N) is 1. The molecule has 0 aliphatic heterocycles. The molecule has 1 aromatic heterocycles. The number of hydrogen-bond acceptors (Lipinski definition) is 4. The number of carbonyl (C=O) groups is 2. The molecule has 7 heteroatoms. The predicted octanol–water partition coefficient (Wildman–Crippen LogP) is 1.87. The van der Waals surface area contributed by atoms with Crippen LogP contribution in [0.2, 0.25) is 0 Å². The number of rotatable bonds is 6. The maximum atomic E-state index is 12.2. The van der Waals surface area contributed by atoms with E-state index >= 15 is 0 Å². The highest BCUT2D eigenvalue weighted by Crippen LogP contribution is 2.13. The van der Waals surface area contributed by atoms with Crippen molar-refractivity contribution in [3.05, 3.63) is 41.2 Å². The van der Waals surface area contributed by atoms with Crippen LogP contribution in [0.4, 0.5) is 0 Å². The number of carboxylic acid groups (broad SMARTS) is 1. The number of hydrogen-bond donors (Lipinski definition) is 2. The van der Waals surface area contributed by atoms with Crippen LogP contribution in [-0.4, -0.2) is 38.0 Å². The molecular formula is C16H20N4O3. The van der Waals surface area contributed by atoms with Gasteiger partial charge in [-0.2, -0.15) is 0 Å². The van der Waals surface area contributed by atoms with Crippen LogP contribution >= 0.6 is 0 Å². The molecule has 0 aliphatic rings. The first-order valence-electron chi connectivity index (χ1n) is 7.40. The van der Waals surface area contributed by atoms with E-state index in [1.165, 1.54) is 0 Å². The quantitative estimate of drug-likeness (QED) is 0.848. The summed E-state index contributed by atoms with van der Waals surface area (Å²) in [5, 5.41) is 19.4. The predicted molar refractivity (Wildman–Crippen MR) is 84.6 cm³/mol. The molecule has 0 spiro atoms. The minimum Gasteiger partial charge on any atom is -0.481 e. The van der Waals surface area contributed by atoms with Crippen LogP contribution in [0.1, 0.15) is 41.5 Å². The van der Waals surface area contributed by atoms with Crippen LogP contribution in [0, 0.1) is 13.8 Å². The van der Waals surface area contributed by atoms with Crippen molar-refractivity contribution in [2.24, 2.45) is 0 Å². The van der Waals surface area contributed by atoms with Gasteiger partial charge >= 0.3 is 5.97 Å². The highest BCUT2D eigenvalue weighted by atomic mass is 16.4. The molecule has 1 atom stereocenters. The molecule has 1 heterocycles. The molecule has 0 fully saturated rings. The fourth-order valence-corrected chi connectivity index (χ4v) is 2.17. The Bertz CT molecular complexity index is 707. The van der Waals surface area contributed by atoms with Crippen LogP contribution in [0.15, 0.2) is 24.3 Å². The molecule has 2 N–H and O–H groups in total. The van der Waals surface area contributed by atoms with E-state index in [4.69, 9.17) is 5.11 Å². The minimum atomic E-state index is -0.882. The smallest absolute Gasteiger partial charge is 0.303 e. The van der Waals surface area contributed by atoms with Crippen LogP contribution in [-0.2, 0) is 4.79 Å². The molecule has 1 aromatic carbocycles. The third-order valence-corrected chi connectivity index (χ3v) is 3.56. The number of carbonyl (C=O) groups excluding carboxylic acids is 1. The zero-order valence-electron chi connectivity index (χ0n) is 13.4. The summed E-state index contributed by atoms with van der Waals surface area (Å²) in [6, 6.07) is 7.50. The van der Waals surface area contributed by atoms with Gasteiger partial charge in [-0.25, -0.2) is 4.68 Å². The van der Waals surface area contributed by atoms with Crippen molar-refractivity contribution in [2.45, 2.75) is 39.7 Å². The average molecular weight is 316 g/mol. The normalized spacial score (nSPS) is 12.0. The lowest BCUT2D eigenvalue weighted by atomic mass is 10.1. The Morgan fingerprint density at radius 3 is 2.52 bits per heavy atom. The van der Waals surface area contributed by atoms with Crippen molar-refractivity contribution in [3.63, 3.8) is 0 Å². The molecule has 2 aromatic rings. The van der Waals surface area contributed by atoms with E-state index in [9.17, 15) is 9.59 Å². The summed E-state index contributed by atoms with van der Waals surface area (Å²) in [5.41, 5.74) is 2.85. The van der Waals surface area contributed by atoms with Crippen molar-refractivity contribution in [1.82, 2.24) is 20.3 Å². The van der Waals surface area contributed by atoms with Crippen LogP contribution in [0.5, 0.6) is 0 Å². The van der Waals surface area contributed by atoms with Gasteiger partial charge in [0.2, 0.25) is 0 Å². The number of aliphatic carboxylic acids is 1. The molecule has 0 saturated heterocycles. The number of carboxylic acids is 1. The van der Waals surface area contributed by atoms with E-state index in [0.717, 1.165) is 11.3 Å².